The van der Waals surface area contributed by atoms with Gasteiger partial charge in [0.1, 0.15) is 11.3 Å². The number of ether oxygens (including phenoxy) is 1. The van der Waals surface area contributed by atoms with Crippen LogP contribution in [0, 0.1) is 0 Å². The number of imidazole rings is 1. The van der Waals surface area contributed by atoms with Gasteiger partial charge in [0.15, 0.2) is 5.65 Å². The lowest BCUT2D eigenvalue weighted by molar-refractivity contribution is 0.0727. The molecule has 0 amide bonds. The minimum Gasteiger partial charge on any atom is -0.377 e. The van der Waals surface area contributed by atoms with Gasteiger partial charge in [-0.15, -0.1) is 11.6 Å². The van der Waals surface area contributed by atoms with Crippen molar-refractivity contribution in [3.63, 3.8) is 0 Å². The SMILES string of the molecule is CCCc1nn(C)c2c1nc(C(C)Cl)n2CCOC(C)C. The maximum Gasteiger partial charge on any atom is 0.158 e. The Morgan fingerprint density at radius 1 is 1.29 bits per heavy atom. The first-order valence-electron chi connectivity index (χ1n) is 7.63. The van der Waals surface area contributed by atoms with Gasteiger partial charge in [-0.25, -0.2) is 4.98 Å². The predicted molar refractivity (Wildman–Crippen MR) is 85.9 cm³/mol. The third-order valence-corrected chi connectivity index (χ3v) is 3.62. The van der Waals surface area contributed by atoms with Crippen LogP contribution in [0.4, 0.5) is 0 Å². The average molecular weight is 313 g/mol. The van der Waals surface area contributed by atoms with Crippen molar-refractivity contribution >= 4 is 22.8 Å². The predicted octanol–water partition coefficient (Wildman–Crippen LogP) is 3.45. The summed E-state index contributed by atoms with van der Waals surface area (Å²) in [6.45, 7) is 9.57. The lowest BCUT2D eigenvalue weighted by Gasteiger charge is -2.12. The first-order chi connectivity index (χ1) is 9.95. The Bertz CT molecular complexity index is 600. The van der Waals surface area contributed by atoms with E-state index in [0.29, 0.717) is 6.61 Å². The van der Waals surface area contributed by atoms with Gasteiger partial charge in [-0.2, -0.15) is 5.10 Å². The van der Waals surface area contributed by atoms with E-state index in [9.17, 15) is 0 Å². The van der Waals surface area contributed by atoms with Gasteiger partial charge >= 0.3 is 0 Å². The Morgan fingerprint density at radius 3 is 2.57 bits per heavy atom. The summed E-state index contributed by atoms with van der Waals surface area (Å²) in [6.07, 6.45) is 2.22. The van der Waals surface area contributed by atoms with E-state index in [4.69, 9.17) is 21.3 Å². The molecule has 1 atom stereocenters. The maximum absolute atomic E-state index is 6.31. The van der Waals surface area contributed by atoms with Crippen LogP contribution in [0.15, 0.2) is 0 Å². The number of fused-ring (bicyclic) bond motifs is 1. The summed E-state index contributed by atoms with van der Waals surface area (Å²) in [4.78, 5) is 4.74. The maximum atomic E-state index is 6.31. The summed E-state index contributed by atoms with van der Waals surface area (Å²) >= 11 is 6.31. The van der Waals surface area contributed by atoms with Gasteiger partial charge in [-0.3, -0.25) is 4.68 Å². The highest BCUT2D eigenvalue weighted by Crippen LogP contribution is 2.26. The molecule has 0 saturated heterocycles. The molecule has 2 heterocycles. The van der Waals surface area contributed by atoms with E-state index in [-0.39, 0.29) is 11.5 Å². The van der Waals surface area contributed by atoms with Crippen molar-refractivity contribution in [2.24, 2.45) is 7.05 Å². The second-order valence-electron chi connectivity index (χ2n) is 5.65. The van der Waals surface area contributed by atoms with E-state index in [1.165, 1.54) is 0 Å². The van der Waals surface area contributed by atoms with Gasteiger partial charge in [-0.05, 0) is 27.2 Å². The van der Waals surface area contributed by atoms with Gasteiger partial charge < -0.3 is 9.30 Å². The Morgan fingerprint density at radius 2 is 2.00 bits per heavy atom. The van der Waals surface area contributed by atoms with Crippen LogP contribution in [0.2, 0.25) is 0 Å². The molecule has 6 heteroatoms. The first kappa shape index (κ1) is 16.3. The van der Waals surface area contributed by atoms with Gasteiger partial charge in [-0.1, -0.05) is 13.3 Å². The molecule has 0 aliphatic rings. The number of alkyl halides is 1. The second kappa shape index (κ2) is 6.79. The number of aromatic nitrogens is 4. The molecule has 0 bridgehead atoms. The van der Waals surface area contributed by atoms with Gasteiger partial charge in [0.25, 0.3) is 0 Å². The van der Waals surface area contributed by atoms with Crippen LogP contribution in [0.5, 0.6) is 0 Å². The standard InChI is InChI=1S/C15H25ClN4O/c1-6-7-12-13-15(19(5)18-12)20(8-9-21-10(2)3)14(17-13)11(4)16/h10-11H,6-9H2,1-5H3. The minimum absolute atomic E-state index is 0.133. The van der Waals surface area contributed by atoms with E-state index in [2.05, 4.69) is 16.6 Å². The zero-order valence-corrected chi connectivity index (χ0v) is 14.3. The Kier molecular flexibility index (Phi) is 5.27. The van der Waals surface area contributed by atoms with E-state index in [1.54, 1.807) is 0 Å². The van der Waals surface area contributed by atoms with Crippen molar-refractivity contribution in [1.29, 1.82) is 0 Å². The largest absolute Gasteiger partial charge is 0.377 e. The molecular formula is C15H25ClN4O. The lowest BCUT2D eigenvalue weighted by atomic mass is 10.2. The van der Waals surface area contributed by atoms with Crippen LogP contribution < -0.4 is 0 Å². The fourth-order valence-electron chi connectivity index (χ4n) is 2.57. The summed E-state index contributed by atoms with van der Waals surface area (Å²) in [5.74, 6) is 0.893. The van der Waals surface area contributed by atoms with Crippen molar-refractivity contribution in [1.82, 2.24) is 19.3 Å². The Hall–Kier alpha value is -1.07. The number of hydrogen-bond donors (Lipinski definition) is 0. The van der Waals surface area contributed by atoms with Crippen LogP contribution in [-0.4, -0.2) is 32.0 Å². The average Bonchev–Trinajstić information content (AvgIpc) is 2.90. The van der Waals surface area contributed by atoms with E-state index in [1.807, 2.05) is 32.5 Å². The van der Waals surface area contributed by atoms with Crippen LogP contribution in [0.25, 0.3) is 11.2 Å². The highest BCUT2D eigenvalue weighted by atomic mass is 35.5. The monoisotopic (exact) mass is 312 g/mol. The summed E-state index contributed by atoms with van der Waals surface area (Å²) in [5.41, 5.74) is 3.07. The third-order valence-electron chi connectivity index (χ3n) is 3.43. The van der Waals surface area contributed by atoms with Crippen LogP contribution in [0.1, 0.15) is 51.0 Å². The molecule has 118 valence electrons. The normalized spacial score (nSPS) is 13.5. The number of nitrogens with zero attached hydrogens (tertiary/aromatic N) is 4. The van der Waals surface area contributed by atoms with Crippen molar-refractivity contribution in [3.8, 4) is 0 Å². The molecule has 0 aromatic carbocycles. The highest BCUT2D eigenvalue weighted by molar-refractivity contribution is 6.20. The molecule has 1 unspecified atom stereocenters. The van der Waals surface area contributed by atoms with Crippen LogP contribution in [-0.2, 0) is 24.8 Å². The summed E-state index contributed by atoms with van der Waals surface area (Å²) in [5, 5.41) is 4.46. The number of halogens is 1. The topological polar surface area (TPSA) is 44.9 Å². The molecule has 0 N–H and O–H groups in total. The minimum atomic E-state index is -0.133. The van der Waals surface area contributed by atoms with E-state index < -0.39 is 0 Å². The molecule has 2 rings (SSSR count). The van der Waals surface area contributed by atoms with E-state index in [0.717, 1.165) is 42.1 Å². The molecule has 5 nitrogen and oxygen atoms in total. The molecule has 0 saturated carbocycles. The first-order valence-corrected chi connectivity index (χ1v) is 8.07. The fourth-order valence-corrected chi connectivity index (χ4v) is 2.73. The van der Waals surface area contributed by atoms with Gasteiger partial charge in [0.05, 0.1) is 23.8 Å². The molecule has 0 radical (unpaired) electrons. The van der Waals surface area contributed by atoms with Crippen molar-refractivity contribution in [3.05, 3.63) is 11.5 Å². The zero-order valence-electron chi connectivity index (χ0n) is 13.6. The molecule has 0 aliphatic heterocycles. The molecule has 0 spiro atoms. The highest BCUT2D eigenvalue weighted by Gasteiger charge is 2.21. The zero-order chi connectivity index (χ0) is 15.6. The Balaban J connectivity index is 2.41. The molecule has 0 aliphatic carbocycles. The summed E-state index contributed by atoms with van der Waals surface area (Å²) in [7, 11) is 1.96. The molecule has 21 heavy (non-hydrogen) atoms. The fraction of sp³-hybridized carbons (Fsp3) is 0.733. The van der Waals surface area contributed by atoms with Gasteiger partial charge in [0, 0.05) is 13.6 Å². The lowest BCUT2D eigenvalue weighted by Crippen LogP contribution is -2.14. The smallest absolute Gasteiger partial charge is 0.158 e. The van der Waals surface area contributed by atoms with Crippen LogP contribution in [0.3, 0.4) is 0 Å². The molecular weight excluding hydrogens is 288 g/mol. The second-order valence-corrected chi connectivity index (χ2v) is 6.30. The number of hydrogen-bond acceptors (Lipinski definition) is 3. The van der Waals surface area contributed by atoms with Crippen molar-refractivity contribution in [2.75, 3.05) is 6.61 Å². The number of rotatable bonds is 7. The number of aryl methyl sites for hydroxylation is 2. The van der Waals surface area contributed by atoms with Crippen molar-refractivity contribution in [2.45, 2.75) is 58.6 Å². The molecule has 0 fully saturated rings. The van der Waals surface area contributed by atoms with E-state index >= 15 is 0 Å². The quantitative estimate of drug-likeness (QED) is 0.736. The van der Waals surface area contributed by atoms with Crippen LogP contribution >= 0.6 is 11.6 Å². The summed E-state index contributed by atoms with van der Waals surface area (Å²) < 4.78 is 9.72. The van der Waals surface area contributed by atoms with Crippen molar-refractivity contribution < 1.29 is 4.74 Å². The molecule has 2 aromatic rings. The third kappa shape index (κ3) is 3.40. The van der Waals surface area contributed by atoms with Gasteiger partial charge in [0.2, 0.25) is 0 Å². The summed E-state index contributed by atoms with van der Waals surface area (Å²) in [6, 6.07) is 0. The Labute approximate surface area is 131 Å². The molecule has 2 aromatic heterocycles.